The van der Waals surface area contributed by atoms with E-state index in [-0.39, 0.29) is 41.7 Å². The zero-order valence-electron chi connectivity index (χ0n) is 14.5. The van der Waals surface area contributed by atoms with Gasteiger partial charge in [-0.3, -0.25) is 9.36 Å². The second-order valence-corrected chi connectivity index (χ2v) is 6.61. The maximum Gasteiger partial charge on any atom is 0.308 e. The molecule has 0 unspecified atom stereocenters. The number of nitrogens with zero attached hydrogens (tertiary/aromatic N) is 4. The van der Waals surface area contributed by atoms with Crippen LogP contribution in [0.15, 0.2) is 6.33 Å². The molecule has 5 N–H and O–H groups in total. The number of fused-ring (bicyclic) bond motifs is 1. The number of anilines is 2. The van der Waals surface area contributed by atoms with E-state index in [1.165, 1.54) is 10.9 Å². The number of nitrogen functional groups attached to an aromatic ring is 2. The third kappa shape index (κ3) is 3.03. The fourth-order valence-electron chi connectivity index (χ4n) is 2.87. The number of rotatable bonds is 5. The largest absolute Gasteiger partial charge is 0.459 e. The molecule has 0 saturated carbocycles. The van der Waals surface area contributed by atoms with Gasteiger partial charge in [0.2, 0.25) is 11.8 Å². The van der Waals surface area contributed by atoms with Gasteiger partial charge in [0, 0.05) is 12.8 Å². The van der Waals surface area contributed by atoms with E-state index in [9.17, 15) is 9.90 Å². The fraction of sp³-hybridized carbons (Fsp3) is 0.600. The van der Waals surface area contributed by atoms with Gasteiger partial charge in [0.15, 0.2) is 23.8 Å². The summed E-state index contributed by atoms with van der Waals surface area (Å²) in [6.45, 7) is 2.17. The molecule has 10 nitrogen and oxygen atoms in total. The molecular weight excluding hydrogens is 347 g/mol. The average Bonchev–Trinajstić information content (AvgIpc) is 3.15. The van der Waals surface area contributed by atoms with Gasteiger partial charge in [-0.1, -0.05) is 13.8 Å². The second-order valence-electron chi connectivity index (χ2n) is 6.61. The van der Waals surface area contributed by atoms with E-state index in [1.54, 1.807) is 13.8 Å². The predicted molar refractivity (Wildman–Crippen MR) is 89.2 cm³/mol. The molecule has 1 aliphatic heterocycles. The van der Waals surface area contributed by atoms with Gasteiger partial charge in [0.25, 0.3) is 0 Å². The van der Waals surface area contributed by atoms with Gasteiger partial charge in [0.05, 0.1) is 18.9 Å². The number of imidazole rings is 1. The molecule has 0 amide bonds. The lowest BCUT2D eigenvalue weighted by Crippen LogP contribution is -2.41. The van der Waals surface area contributed by atoms with Crippen molar-refractivity contribution < 1.29 is 23.8 Å². The molecule has 1 fully saturated rings. The van der Waals surface area contributed by atoms with Crippen LogP contribution in [0.3, 0.4) is 0 Å². The molecule has 2 atom stereocenters. The zero-order valence-corrected chi connectivity index (χ0v) is 14.5. The quantitative estimate of drug-likeness (QED) is 0.633. The highest BCUT2D eigenvalue weighted by atomic mass is 19.2. The Labute approximate surface area is 148 Å². The molecule has 0 aromatic carbocycles. The number of carbonyl (C=O) groups is 1. The Morgan fingerprint density at radius 3 is 2.85 bits per heavy atom. The van der Waals surface area contributed by atoms with Crippen molar-refractivity contribution in [3.8, 4) is 0 Å². The molecule has 2 aromatic rings. The van der Waals surface area contributed by atoms with Crippen LogP contribution in [0, 0.1) is 5.92 Å². The Hall–Kier alpha value is -2.53. The number of hydrogen-bond donors (Lipinski definition) is 3. The van der Waals surface area contributed by atoms with Crippen molar-refractivity contribution in [2.24, 2.45) is 5.92 Å². The summed E-state index contributed by atoms with van der Waals surface area (Å²) in [4.78, 5) is 23.6. The topological polar surface area (TPSA) is 151 Å². The number of hydrogen-bond acceptors (Lipinski definition) is 9. The van der Waals surface area contributed by atoms with Crippen molar-refractivity contribution in [1.82, 2.24) is 19.5 Å². The van der Waals surface area contributed by atoms with E-state index in [0.717, 1.165) is 0 Å². The van der Waals surface area contributed by atoms with Crippen LogP contribution in [0.4, 0.5) is 16.2 Å². The monoisotopic (exact) mass is 368 g/mol. The predicted octanol–water partition coefficient (Wildman–Crippen LogP) is 0.311. The highest BCUT2D eigenvalue weighted by Crippen LogP contribution is 2.43. The average molecular weight is 368 g/mol. The fourth-order valence-corrected chi connectivity index (χ4v) is 2.87. The SMILES string of the molecule is CC(C)C(=O)OC[C@]1(F)CC[C@](CO)(n2cnc3c(N)nc(N)nc32)O1. The van der Waals surface area contributed by atoms with Gasteiger partial charge in [-0.25, -0.2) is 9.37 Å². The first kappa shape index (κ1) is 18.3. The first-order valence-electron chi connectivity index (χ1n) is 8.13. The molecule has 11 heteroatoms. The Morgan fingerprint density at radius 1 is 1.46 bits per heavy atom. The zero-order chi connectivity index (χ0) is 19.1. The third-order valence-electron chi connectivity index (χ3n) is 4.29. The number of aromatic nitrogens is 4. The van der Waals surface area contributed by atoms with Gasteiger partial charge in [-0.2, -0.15) is 9.97 Å². The standard InChI is InChI=1S/C15H21FN6O4/c1-8(2)12(24)25-6-14(16)3-4-15(5-23,26-14)22-7-19-9-10(17)20-13(18)21-11(9)22/h7-8,23H,3-6H2,1-2H3,(H4,17,18,20,21)/t14-,15-/m0/s1. The number of ether oxygens (including phenoxy) is 2. The van der Waals surface area contributed by atoms with Crippen LogP contribution < -0.4 is 11.5 Å². The smallest absolute Gasteiger partial charge is 0.308 e. The summed E-state index contributed by atoms with van der Waals surface area (Å²) in [7, 11) is 0. The minimum atomic E-state index is -2.24. The normalized spacial score (nSPS) is 25.9. The van der Waals surface area contributed by atoms with Crippen LogP contribution in [-0.4, -0.2) is 49.7 Å². The number of esters is 1. The molecule has 0 aliphatic carbocycles. The van der Waals surface area contributed by atoms with E-state index in [2.05, 4.69) is 15.0 Å². The molecule has 3 heterocycles. The third-order valence-corrected chi connectivity index (χ3v) is 4.29. The molecule has 1 aliphatic rings. The second kappa shape index (κ2) is 6.32. The van der Waals surface area contributed by atoms with Gasteiger partial charge in [0.1, 0.15) is 5.52 Å². The Kier molecular flexibility index (Phi) is 4.44. The van der Waals surface area contributed by atoms with Crippen LogP contribution in [-0.2, 0) is 20.0 Å². The van der Waals surface area contributed by atoms with E-state index in [1.807, 2.05) is 0 Å². The van der Waals surface area contributed by atoms with Crippen molar-refractivity contribution in [3.63, 3.8) is 0 Å². The van der Waals surface area contributed by atoms with Crippen molar-refractivity contribution in [2.75, 3.05) is 24.7 Å². The maximum atomic E-state index is 15.0. The Bertz CT molecular complexity index is 843. The summed E-state index contributed by atoms with van der Waals surface area (Å²) >= 11 is 0. The van der Waals surface area contributed by atoms with Crippen LogP contribution in [0.2, 0.25) is 0 Å². The van der Waals surface area contributed by atoms with Crippen molar-refractivity contribution in [1.29, 1.82) is 0 Å². The minimum absolute atomic E-state index is 0.0645. The van der Waals surface area contributed by atoms with Gasteiger partial charge < -0.3 is 26.0 Å². The number of alkyl halides is 1. The van der Waals surface area contributed by atoms with Gasteiger partial charge in [-0.15, -0.1) is 0 Å². The number of carbonyl (C=O) groups excluding carboxylic acids is 1. The van der Waals surface area contributed by atoms with E-state index in [4.69, 9.17) is 20.9 Å². The molecule has 142 valence electrons. The van der Waals surface area contributed by atoms with Crippen LogP contribution >= 0.6 is 0 Å². The van der Waals surface area contributed by atoms with Crippen LogP contribution in [0.5, 0.6) is 0 Å². The molecular formula is C15H21FN6O4. The molecule has 26 heavy (non-hydrogen) atoms. The number of aliphatic hydroxyl groups excluding tert-OH is 1. The van der Waals surface area contributed by atoms with Crippen molar-refractivity contribution in [2.45, 2.75) is 38.3 Å². The Morgan fingerprint density at radius 2 is 2.19 bits per heavy atom. The van der Waals surface area contributed by atoms with Gasteiger partial charge >= 0.3 is 5.97 Å². The van der Waals surface area contributed by atoms with Crippen molar-refractivity contribution >= 4 is 28.9 Å². The summed E-state index contributed by atoms with van der Waals surface area (Å²) in [5, 5.41) is 9.93. The molecule has 0 bridgehead atoms. The number of halogens is 1. The lowest BCUT2D eigenvalue weighted by molar-refractivity contribution is -0.239. The molecule has 3 rings (SSSR count). The Balaban J connectivity index is 1.90. The summed E-state index contributed by atoms with van der Waals surface area (Å²) in [5.41, 5.74) is 10.4. The molecule has 0 spiro atoms. The van der Waals surface area contributed by atoms with E-state index < -0.39 is 30.8 Å². The highest BCUT2D eigenvalue weighted by molar-refractivity contribution is 5.82. The summed E-state index contributed by atoms with van der Waals surface area (Å²) < 4.78 is 26.9. The highest BCUT2D eigenvalue weighted by Gasteiger charge is 2.52. The summed E-state index contributed by atoms with van der Waals surface area (Å²) in [6, 6.07) is 0. The first-order valence-corrected chi connectivity index (χ1v) is 8.13. The molecule has 1 saturated heterocycles. The lowest BCUT2D eigenvalue weighted by atomic mass is 10.1. The summed E-state index contributed by atoms with van der Waals surface area (Å²) in [5.74, 6) is -3.18. The number of aliphatic hydroxyl groups is 1. The maximum absolute atomic E-state index is 15.0. The first-order chi connectivity index (χ1) is 12.2. The molecule has 2 aromatic heterocycles. The van der Waals surface area contributed by atoms with Crippen molar-refractivity contribution in [3.05, 3.63) is 6.33 Å². The molecule has 0 radical (unpaired) electrons. The van der Waals surface area contributed by atoms with Gasteiger partial charge in [-0.05, 0) is 0 Å². The number of nitrogens with two attached hydrogens (primary N) is 2. The van der Waals surface area contributed by atoms with Crippen LogP contribution in [0.1, 0.15) is 26.7 Å². The lowest BCUT2D eigenvalue weighted by Gasteiger charge is -2.30. The van der Waals surface area contributed by atoms with Crippen LogP contribution in [0.25, 0.3) is 11.2 Å². The summed E-state index contributed by atoms with van der Waals surface area (Å²) in [6.07, 6.45) is 1.35. The van der Waals surface area contributed by atoms with E-state index >= 15 is 4.39 Å². The minimum Gasteiger partial charge on any atom is -0.459 e. The van der Waals surface area contributed by atoms with E-state index in [0.29, 0.717) is 0 Å².